The summed E-state index contributed by atoms with van der Waals surface area (Å²) in [6.45, 7) is 0. The van der Waals surface area contributed by atoms with Crippen molar-refractivity contribution in [2.24, 2.45) is 5.92 Å². The normalized spacial score (nSPS) is 20.4. The molecule has 0 heterocycles. The SMILES string of the molecule is COc1ccc(C2CCCC2)cc1C(CC(=O)O)C1CC1. The molecule has 1 N–H and O–H groups in total. The van der Waals surface area contributed by atoms with E-state index in [0.29, 0.717) is 11.8 Å². The lowest BCUT2D eigenvalue weighted by Crippen LogP contribution is -2.10. The van der Waals surface area contributed by atoms with E-state index in [2.05, 4.69) is 12.1 Å². The summed E-state index contributed by atoms with van der Waals surface area (Å²) in [5.41, 5.74) is 2.49. The Bertz CT molecular complexity index is 513. The van der Waals surface area contributed by atoms with E-state index in [1.807, 2.05) is 6.07 Å². The van der Waals surface area contributed by atoms with E-state index in [9.17, 15) is 9.90 Å². The summed E-state index contributed by atoms with van der Waals surface area (Å²) in [7, 11) is 1.68. The molecule has 1 aromatic carbocycles. The van der Waals surface area contributed by atoms with E-state index in [1.54, 1.807) is 7.11 Å². The van der Waals surface area contributed by atoms with Crippen molar-refractivity contribution < 1.29 is 14.6 Å². The van der Waals surface area contributed by atoms with Gasteiger partial charge in [0.15, 0.2) is 0 Å². The molecule has 0 bridgehead atoms. The molecule has 2 aliphatic rings. The molecule has 1 aromatic rings. The van der Waals surface area contributed by atoms with Gasteiger partial charge in [-0.3, -0.25) is 4.79 Å². The van der Waals surface area contributed by atoms with Crippen LogP contribution in [0, 0.1) is 5.92 Å². The fourth-order valence-corrected chi connectivity index (χ4v) is 3.77. The van der Waals surface area contributed by atoms with Gasteiger partial charge in [0.1, 0.15) is 5.75 Å². The number of carboxylic acid groups (broad SMARTS) is 1. The van der Waals surface area contributed by atoms with Crippen molar-refractivity contribution in [1.29, 1.82) is 0 Å². The lowest BCUT2D eigenvalue weighted by Gasteiger charge is -2.20. The molecule has 0 saturated heterocycles. The number of methoxy groups -OCH3 is 1. The summed E-state index contributed by atoms with van der Waals surface area (Å²) in [5, 5.41) is 9.23. The highest BCUT2D eigenvalue weighted by atomic mass is 16.5. The summed E-state index contributed by atoms with van der Waals surface area (Å²) in [4.78, 5) is 11.2. The van der Waals surface area contributed by atoms with Gasteiger partial charge in [-0.2, -0.15) is 0 Å². The van der Waals surface area contributed by atoms with Crippen LogP contribution in [0.5, 0.6) is 5.75 Å². The second-order valence-corrected chi connectivity index (χ2v) is 6.52. The topological polar surface area (TPSA) is 46.5 Å². The first-order valence-electron chi connectivity index (χ1n) is 8.08. The molecule has 2 fully saturated rings. The van der Waals surface area contributed by atoms with E-state index in [4.69, 9.17) is 4.74 Å². The molecule has 0 radical (unpaired) electrons. The highest BCUT2D eigenvalue weighted by Gasteiger charge is 2.35. The zero-order chi connectivity index (χ0) is 14.8. The van der Waals surface area contributed by atoms with E-state index >= 15 is 0 Å². The molecule has 114 valence electrons. The predicted octanol–water partition coefficient (Wildman–Crippen LogP) is 4.32. The van der Waals surface area contributed by atoms with Gasteiger partial charge in [0.05, 0.1) is 13.5 Å². The lowest BCUT2D eigenvalue weighted by molar-refractivity contribution is -0.137. The van der Waals surface area contributed by atoms with Gasteiger partial charge in [-0.1, -0.05) is 25.0 Å². The maximum atomic E-state index is 11.2. The van der Waals surface area contributed by atoms with Gasteiger partial charge in [0, 0.05) is 5.92 Å². The fraction of sp³-hybridized carbons (Fsp3) is 0.611. The second kappa shape index (κ2) is 6.08. The number of carbonyl (C=O) groups is 1. The molecule has 1 unspecified atom stereocenters. The van der Waals surface area contributed by atoms with Gasteiger partial charge in [-0.15, -0.1) is 0 Å². The third kappa shape index (κ3) is 3.22. The first-order valence-corrected chi connectivity index (χ1v) is 8.08. The molecule has 1 atom stereocenters. The molecule has 0 aliphatic heterocycles. The van der Waals surface area contributed by atoms with E-state index in [-0.39, 0.29) is 12.3 Å². The van der Waals surface area contributed by atoms with Gasteiger partial charge in [0.2, 0.25) is 0 Å². The van der Waals surface area contributed by atoms with Crippen LogP contribution in [-0.4, -0.2) is 18.2 Å². The Kier molecular flexibility index (Phi) is 4.18. The second-order valence-electron chi connectivity index (χ2n) is 6.52. The smallest absolute Gasteiger partial charge is 0.303 e. The average molecular weight is 288 g/mol. The van der Waals surface area contributed by atoms with Crippen LogP contribution in [0.4, 0.5) is 0 Å². The Morgan fingerprint density at radius 2 is 2.00 bits per heavy atom. The van der Waals surface area contributed by atoms with Crippen LogP contribution >= 0.6 is 0 Å². The third-order valence-electron chi connectivity index (χ3n) is 5.07. The van der Waals surface area contributed by atoms with Crippen LogP contribution in [-0.2, 0) is 4.79 Å². The number of rotatable bonds is 6. The van der Waals surface area contributed by atoms with Crippen molar-refractivity contribution >= 4 is 5.97 Å². The zero-order valence-corrected chi connectivity index (χ0v) is 12.7. The van der Waals surface area contributed by atoms with Crippen LogP contribution in [0.25, 0.3) is 0 Å². The molecular formula is C18H24O3. The molecule has 3 heteroatoms. The largest absolute Gasteiger partial charge is 0.496 e. The summed E-state index contributed by atoms with van der Waals surface area (Å²) in [6.07, 6.45) is 7.66. The van der Waals surface area contributed by atoms with Crippen LogP contribution in [0.15, 0.2) is 18.2 Å². The quantitative estimate of drug-likeness (QED) is 0.848. The van der Waals surface area contributed by atoms with E-state index < -0.39 is 5.97 Å². The zero-order valence-electron chi connectivity index (χ0n) is 12.7. The van der Waals surface area contributed by atoms with Crippen molar-refractivity contribution in [3.05, 3.63) is 29.3 Å². The number of ether oxygens (including phenoxy) is 1. The highest BCUT2D eigenvalue weighted by Crippen LogP contribution is 2.48. The number of carboxylic acids is 1. The minimum atomic E-state index is -0.708. The summed E-state index contributed by atoms with van der Waals surface area (Å²) in [5.74, 6) is 1.43. The molecular weight excluding hydrogens is 264 g/mol. The van der Waals surface area contributed by atoms with Gasteiger partial charge < -0.3 is 9.84 Å². The molecule has 3 rings (SSSR count). The number of hydrogen-bond donors (Lipinski definition) is 1. The lowest BCUT2D eigenvalue weighted by atomic mass is 9.86. The summed E-state index contributed by atoms with van der Waals surface area (Å²) >= 11 is 0. The maximum Gasteiger partial charge on any atom is 0.303 e. The average Bonchev–Trinajstić information content (AvgIpc) is 3.17. The van der Waals surface area contributed by atoms with E-state index in [1.165, 1.54) is 31.2 Å². The van der Waals surface area contributed by atoms with Crippen LogP contribution in [0.1, 0.15) is 67.9 Å². The van der Waals surface area contributed by atoms with Crippen LogP contribution in [0.2, 0.25) is 0 Å². The van der Waals surface area contributed by atoms with E-state index in [0.717, 1.165) is 24.2 Å². The van der Waals surface area contributed by atoms with Crippen molar-refractivity contribution in [3.8, 4) is 5.75 Å². The first kappa shape index (κ1) is 14.4. The Morgan fingerprint density at radius 1 is 1.29 bits per heavy atom. The molecule has 3 nitrogen and oxygen atoms in total. The first-order chi connectivity index (χ1) is 10.2. The highest BCUT2D eigenvalue weighted by molar-refractivity contribution is 5.68. The number of benzene rings is 1. The van der Waals surface area contributed by atoms with Crippen LogP contribution < -0.4 is 4.74 Å². The van der Waals surface area contributed by atoms with Crippen molar-refractivity contribution in [2.45, 2.75) is 56.8 Å². The maximum absolute atomic E-state index is 11.2. The number of aliphatic carboxylic acids is 1. The number of hydrogen-bond acceptors (Lipinski definition) is 2. The fourth-order valence-electron chi connectivity index (χ4n) is 3.77. The molecule has 0 amide bonds. The Morgan fingerprint density at radius 3 is 2.57 bits per heavy atom. The Labute approximate surface area is 126 Å². The van der Waals surface area contributed by atoms with Gasteiger partial charge in [-0.25, -0.2) is 0 Å². The van der Waals surface area contributed by atoms with Crippen molar-refractivity contribution in [3.63, 3.8) is 0 Å². The monoisotopic (exact) mass is 288 g/mol. The van der Waals surface area contributed by atoms with Gasteiger partial charge in [0.25, 0.3) is 0 Å². The van der Waals surface area contributed by atoms with Gasteiger partial charge >= 0.3 is 5.97 Å². The minimum Gasteiger partial charge on any atom is -0.496 e. The third-order valence-corrected chi connectivity index (χ3v) is 5.07. The molecule has 0 spiro atoms. The summed E-state index contributed by atoms with van der Waals surface area (Å²) < 4.78 is 5.51. The molecule has 2 saturated carbocycles. The van der Waals surface area contributed by atoms with Crippen molar-refractivity contribution in [2.75, 3.05) is 7.11 Å². The molecule has 2 aliphatic carbocycles. The minimum absolute atomic E-state index is 0.110. The van der Waals surface area contributed by atoms with Crippen molar-refractivity contribution in [1.82, 2.24) is 0 Å². The molecule has 21 heavy (non-hydrogen) atoms. The van der Waals surface area contributed by atoms with Gasteiger partial charge in [-0.05, 0) is 54.7 Å². The predicted molar refractivity (Wildman–Crippen MR) is 81.9 cm³/mol. The Hall–Kier alpha value is -1.51. The molecule has 0 aromatic heterocycles. The standard InChI is InChI=1S/C18H24O3/c1-21-17-9-8-14(12-4-2-3-5-12)10-16(17)15(11-18(19)20)13-6-7-13/h8-10,12-13,15H,2-7,11H2,1H3,(H,19,20). The van der Waals surface area contributed by atoms with Crippen LogP contribution in [0.3, 0.4) is 0 Å². The Balaban J connectivity index is 1.92. The summed E-state index contributed by atoms with van der Waals surface area (Å²) in [6, 6.07) is 6.45.